The summed E-state index contributed by atoms with van der Waals surface area (Å²) in [6, 6.07) is 7.21. The minimum absolute atomic E-state index is 0.157. The normalized spacial score (nSPS) is 10.4. The van der Waals surface area contributed by atoms with Crippen LogP contribution in [0.4, 0.5) is 11.4 Å². The molecule has 3 N–H and O–H groups in total. The third-order valence-electron chi connectivity index (χ3n) is 3.00. The first-order chi connectivity index (χ1) is 10.0. The number of amides is 1. The van der Waals surface area contributed by atoms with Crippen molar-refractivity contribution in [1.82, 2.24) is 9.78 Å². The number of aryl methyl sites for hydroxylation is 2. The molecule has 0 saturated heterocycles. The predicted molar refractivity (Wildman–Crippen MR) is 82.4 cm³/mol. The van der Waals surface area contributed by atoms with Gasteiger partial charge in [0.1, 0.15) is 5.69 Å². The van der Waals surface area contributed by atoms with Crippen LogP contribution in [0.3, 0.4) is 0 Å². The topological polar surface area (TPSA) is 82.2 Å². The van der Waals surface area contributed by atoms with Crippen LogP contribution in [0.25, 0.3) is 0 Å². The Bertz CT molecular complexity index is 649. The van der Waals surface area contributed by atoms with Crippen molar-refractivity contribution in [2.75, 3.05) is 11.1 Å². The molecule has 2 rings (SSSR count). The minimum atomic E-state index is -0.157. The van der Waals surface area contributed by atoms with Crippen LogP contribution in [-0.4, -0.2) is 15.7 Å². The van der Waals surface area contributed by atoms with Crippen molar-refractivity contribution in [1.29, 1.82) is 0 Å². The number of para-hydroxylation sites is 2. The SMILES string of the molecule is CCCc1nn(C)c(Oc2ccccc2NC(C)=O)c1N. The Morgan fingerprint density at radius 1 is 1.43 bits per heavy atom. The van der Waals surface area contributed by atoms with Crippen molar-refractivity contribution in [2.45, 2.75) is 26.7 Å². The number of carbonyl (C=O) groups excluding carboxylic acids is 1. The lowest BCUT2D eigenvalue weighted by molar-refractivity contribution is -0.114. The zero-order chi connectivity index (χ0) is 15.4. The van der Waals surface area contributed by atoms with Gasteiger partial charge in [0.05, 0.1) is 11.4 Å². The Morgan fingerprint density at radius 2 is 2.14 bits per heavy atom. The molecule has 0 fully saturated rings. The fraction of sp³-hybridized carbons (Fsp3) is 0.333. The molecule has 1 aromatic heterocycles. The van der Waals surface area contributed by atoms with Crippen LogP contribution in [0.1, 0.15) is 26.0 Å². The lowest BCUT2D eigenvalue weighted by atomic mass is 10.2. The summed E-state index contributed by atoms with van der Waals surface area (Å²) in [5, 5.41) is 7.10. The highest BCUT2D eigenvalue weighted by atomic mass is 16.5. The van der Waals surface area contributed by atoms with Crippen molar-refractivity contribution in [3.63, 3.8) is 0 Å². The molecule has 0 atom stereocenters. The molecule has 0 unspecified atom stereocenters. The Balaban J connectivity index is 2.32. The number of anilines is 2. The summed E-state index contributed by atoms with van der Waals surface area (Å²) in [5.74, 6) is 0.859. The van der Waals surface area contributed by atoms with Gasteiger partial charge < -0.3 is 15.8 Å². The van der Waals surface area contributed by atoms with E-state index in [1.807, 2.05) is 12.1 Å². The van der Waals surface area contributed by atoms with E-state index >= 15 is 0 Å². The summed E-state index contributed by atoms with van der Waals surface area (Å²) in [4.78, 5) is 11.2. The highest BCUT2D eigenvalue weighted by molar-refractivity contribution is 5.90. The molecule has 6 heteroatoms. The Kier molecular flexibility index (Phi) is 4.47. The lowest BCUT2D eigenvalue weighted by Crippen LogP contribution is -2.07. The van der Waals surface area contributed by atoms with Gasteiger partial charge in [-0.15, -0.1) is 0 Å². The smallest absolute Gasteiger partial charge is 0.241 e. The molecule has 0 aliphatic carbocycles. The van der Waals surface area contributed by atoms with Gasteiger partial charge in [-0.25, -0.2) is 4.68 Å². The van der Waals surface area contributed by atoms with Crippen LogP contribution in [-0.2, 0) is 18.3 Å². The molecule has 2 aromatic rings. The maximum atomic E-state index is 11.2. The van der Waals surface area contributed by atoms with Crippen LogP contribution in [0, 0.1) is 0 Å². The molecule has 1 heterocycles. The summed E-state index contributed by atoms with van der Waals surface area (Å²) < 4.78 is 7.48. The van der Waals surface area contributed by atoms with Crippen LogP contribution in [0.2, 0.25) is 0 Å². The van der Waals surface area contributed by atoms with Gasteiger partial charge in [0, 0.05) is 14.0 Å². The Labute approximate surface area is 123 Å². The molecule has 0 spiro atoms. The molecule has 0 aliphatic heterocycles. The van der Waals surface area contributed by atoms with E-state index in [1.165, 1.54) is 6.92 Å². The van der Waals surface area contributed by atoms with Crippen LogP contribution in [0.15, 0.2) is 24.3 Å². The van der Waals surface area contributed by atoms with Crippen molar-refractivity contribution in [3.8, 4) is 11.6 Å². The van der Waals surface area contributed by atoms with E-state index in [0.29, 0.717) is 23.0 Å². The van der Waals surface area contributed by atoms with Crippen molar-refractivity contribution < 1.29 is 9.53 Å². The quantitative estimate of drug-likeness (QED) is 0.886. The van der Waals surface area contributed by atoms with Gasteiger partial charge >= 0.3 is 0 Å². The number of benzene rings is 1. The minimum Gasteiger partial charge on any atom is -0.435 e. The molecule has 0 radical (unpaired) electrons. The molecule has 112 valence electrons. The zero-order valence-electron chi connectivity index (χ0n) is 12.5. The summed E-state index contributed by atoms with van der Waals surface area (Å²) in [5.41, 5.74) is 8.06. The number of rotatable bonds is 5. The number of nitrogens with one attached hydrogen (secondary N) is 1. The lowest BCUT2D eigenvalue weighted by Gasteiger charge is -2.11. The van der Waals surface area contributed by atoms with Crippen LogP contribution < -0.4 is 15.8 Å². The van der Waals surface area contributed by atoms with E-state index in [9.17, 15) is 4.79 Å². The van der Waals surface area contributed by atoms with Gasteiger partial charge in [-0.2, -0.15) is 5.10 Å². The number of nitrogens with zero attached hydrogens (tertiary/aromatic N) is 2. The molecule has 0 bridgehead atoms. The Hall–Kier alpha value is -2.50. The molecular formula is C15H20N4O2. The standard InChI is InChI=1S/C15H20N4O2/c1-4-7-12-14(16)15(19(3)18-12)21-13-9-6-5-8-11(13)17-10(2)20/h5-6,8-9H,4,7,16H2,1-3H3,(H,17,20). The molecule has 21 heavy (non-hydrogen) atoms. The summed E-state index contributed by atoms with van der Waals surface area (Å²) in [7, 11) is 1.78. The first-order valence-electron chi connectivity index (χ1n) is 6.88. The Morgan fingerprint density at radius 3 is 2.81 bits per heavy atom. The van der Waals surface area contributed by atoms with Gasteiger partial charge in [0.25, 0.3) is 0 Å². The third-order valence-corrected chi connectivity index (χ3v) is 3.00. The highest BCUT2D eigenvalue weighted by Crippen LogP contribution is 2.34. The van der Waals surface area contributed by atoms with E-state index in [1.54, 1.807) is 23.9 Å². The van der Waals surface area contributed by atoms with E-state index < -0.39 is 0 Å². The van der Waals surface area contributed by atoms with Gasteiger partial charge in [-0.3, -0.25) is 4.79 Å². The second kappa shape index (κ2) is 6.30. The van der Waals surface area contributed by atoms with Crippen molar-refractivity contribution in [2.24, 2.45) is 7.05 Å². The number of ether oxygens (including phenoxy) is 1. The molecule has 1 aromatic carbocycles. The van der Waals surface area contributed by atoms with Gasteiger partial charge in [0.2, 0.25) is 11.8 Å². The predicted octanol–water partition coefficient (Wildman–Crippen LogP) is 2.71. The fourth-order valence-electron chi connectivity index (χ4n) is 2.07. The number of hydrogen-bond donors (Lipinski definition) is 2. The fourth-order valence-corrected chi connectivity index (χ4v) is 2.07. The number of nitrogen functional groups attached to an aromatic ring is 1. The molecular weight excluding hydrogens is 268 g/mol. The number of hydrogen-bond acceptors (Lipinski definition) is 4. The summed E-state index contributed by atoms with van der Waals surface area (Å²) in [6.45, 7) is 3.52. The molecule has 6 nitrogen and oxygen atoms in total. The van der Waals surface area contributed by atoms with Gasteiger partial charge in [0.15, 0.2) is 5.75 Å². The number of carbonyl (C=O) groups is 1. The second-order valence-electron chi connectivity index (χ2n) is 4.82. The third kappa shape index (κ3) is 3.34. The summed E-state index contributed by atoms with van der Waals surface area (Å²) >= 11 is 0. The second-order valence-corrected chi connectivity index (χ2v) is 4.82. The van der Waals surface area contributed by atoms with E-state index in [-0.39, 0.29) is 5.91 Å². The molecule has 0 saturated carbocycles. The van der Waals surface area contributed by atoms with E-state index in [2.05, 4.69) is 17.3 Å². The van der Waals surface area contributed by atoms with Gasteiger partial charge in [-0.1, -0.05) is 25.5 Å². The first-order valence-corrected chi connectivity index (χ1v) is 6.88. The largest absolute Gasteiger partial charge is 0.435 e. The molecule has 0 aliphatic rings. The average Bonchev–Trinajstić information content (AvgIpc) is 2.68. The van der Waals surface area contributed by atoms with Gasteiger partial charge in [-0.05, 0) is 18.6 Å². The molecule has 1 amide bonds. The van der Waals surface area contributed by atoms with E-state index in [0.717, 1.165) is 18.5 Å². The highest BCUT2D eigenvalue weighted by Gasteiger charge is 2.16. The average molecular weight is 288 g/mol. The summed E-state index contributed by atoms with van der Waals surface area (Å²) in [6.07, 6.45) is 1.76. The maximum absolute atomic E-state index is 11.2. The monoisotopic (exact) mass is 288 g/mol. The maximum Gasteiger partial charge on any atom is 0.241 e. The number of nitrogens with two attached hydrogens (primary N) is 1. The van der Waals surface area contributed by atoms with Crippen LogP contribution in [0.5, 0.6) is 11.6 Å². The van der Waals surface area contributed by atoms with Crippen LogP contribution >= 0.6 is 0 Å². The zero-order valence-corrected chi connectivity index (χ0v) is 12.5. The number of aromatic nitrogens is 2. The van der Waals surface area contributed by atoms with Crippen molar-refractivity contribution in [3.05, 3.63) is 30.0 Å². The van der Waals surface area contributed by atoms with Crippen molar-refractivity contribution >= 4 is 17.3 Å². The first kappa shape index (κ1) is 14.9. The van der Waals surface area contributed by atoms with E-state index in [4.69, 9.17) is 10.5 Å².